The van der Waals surface area contributed by atoms with Gasteiger partial charge in [0.25, 0.3) is 0 Å². The molecule has 0 fully saturated rings. The summed E-state index contributed by atoms with van der Waals surface area (Å²) in [7, 11) is 0. The molecular formula is C15H20S. The summed E-state index contributed by atoms with van der Waals surface area (Å²) in [5, 5.41) is 0. The lowest BCUT2D eigenvalue weighted by Gasteiger charge is -2.02. The zero-order valence-electron chi connectivity index (χ0n) is 9.99. The Bertz CT molecular complexity index is 325. The van der Waals surface area contributed by atoms with Crippen molar-refractivity contribution in [1.29, 1.82) is 0 Å². The minimum absolute atomic E-state index is 1.16. The van der Waals surface area contributed by atoms with Crippen molar-refractivity contribution in [1.82, 2.24) is 0 Å². The summed E-state index contributed by atoms with van der Waals surface area (Å²) >= 11 is 1.79. The molecule has 0 saturated carbocycles. The van der Waals surface area contributed by atoms with Gasteiger partial charge in [0.1, 0.15) is 0 Å². The minimum Gasteiger partial charge on any atom is -0.0980 e. The molecule has 0 bridgehead atoms. The number of hydrogen-bond acceptors (Lipinski definition) is 1. The highest BCUT2D eigenvalue weighted by Gasteiger charge is 1.95. The molecule has 0 aliphatic heterocycles. The van der Waals surface area contributed by atoms with Crippen LogP contribution in [0.5, 0.6) is 0 Å². The minimum atomic E-state index is 1.16. The maximum Gasteiger partial charge on any atom is 0.0122 e. The Kier molecular flexibility index (Phi) is 6.75. The number of rotatable bonds is 7. The highest BCUT2D eigenvalue weighted by Crippen LogP contribution is 2.27. The van der Waals surface area contributed by atoms with Crippen LogP contribution in [-0.2, 0) is 0 Å². The summed E-state index contributed by atoms with van der Waals surface area (Å²) in [5.74, 6) is 0. The summed E-state index contributed by atoms with van der Waals surface area (Å²) in [6, 6.07) is 10.4. The Hall–Kier alpha value is -0.950. The van der Waals surface area contributed by atoms with Gasteiger partial charge in [0.05, 0.1) is 0 Å². The average Bonchev–Trinajstić information content (AvgIpc) is 2.34. The Morgan fingerprint density at radius 3 is 2.62 bits per heavy atom. The van der Waals surface area contributed by atoms with E-state index in [0.29, 0.717) is 0 Å². The molecule has 0 saturated heterocycles. The van der Waals surface area contributed by atoms with Crippen molar-refractivity contribution in [3.05, 3.63) is 54.0 Å². The molecule has 1 rings (SSSR count). The molecule has 0 aliphatic rings. The molecule has 0 spiro atoms. The van der Waals surface area contributed by atoms with Crippen LogP contribution in [0, 0.1) is 0 Å². The highest BCUT2D eigenvalue weighted by atomic mass is 32.2. The smallest absolute Gasteiger partial charge is 0.0122 e. The Balaban J connectivity index is 2.45. The zero-order chi connectivity index (χ0) is 11.6. The molecule has 86 valence electrons. The van der Waals surface area contributed by atoms with E-state index in [9.17, 15) is 0 Å². The van der Waals surface area contributed by atoms with Crippen LogP contribution in [0.1, 0.15) is 32.6 Å². The van der Waals surface area contributed by atoms with E-state index in [2.05, 4.69) is 43.8 Å². The van der Waals surface area contributed by atoms with Gasteiger partial charge in [0, 0.05) is 9.80 Å². The molecule has 0 amide bonds. The summed E-state index contributed by atoms with van der Waals surface area (Å²) in [5.41, 5.74) is 0. The predicted molar refractivity (Wildman–Crippen MR) is 74.7 cm³/mol. The number of allylic oxidation sites excluding steroid dienone is 2. The fraction of sp³-hybridized carbons (Fsp3) is 0.333. The third kappa shape index (κ3) is 5.22. The van der Waals surface area contributed by atoms with Crippen molar-refractivity contribution in [3.8, 4) is 0 Å². The molecule has 0 nitrogen and oxygen atoms in total. The molecule has 1 aromatic carbocycles. The number of unbranched alkanes of at least 4 members (excludes halogenated alkanes) is 3. The second-order valence-corrected chi connectivity index (χ2v) is 4.87. The molecule has 16 heavy (non-hydrogen) atoms. The van der Waals surface area contributed by atoms with Crippen LogP contribution in [-0.4, -0.2) is 0 Å². The lowest BCUT2D eigenvalue weighted by molar-refractivity contribution is 0.729. The highest BCUT2D eigenvalue weighted by molar-refractivity contribution is 8.03. The first kappa shape index (κ1) is 13.1. The molecule has 0 aliphatic carbocycles. The van der Waals surface area contributed by atoms with Crippen LogP contribution in [0.3, 0.4) is 0 Å². The topological polar surface area (TPSA) is 0 Å². The van der Waals surface area contributed by atoms with Gasteiger partial charge in [0.15, 0.2) is 0 Å². The predicted octanol–water partition coefficient (Wildman–Crippen LogP) is 5.43. The van der Waals surface area contributed by atoms with Crippen molar-refractivity contribution in [2.24, 2.45) is 0 Å². The Morgan fingerprint density at radius 2 is 2.00 bits per heavy atom. The van der Waals surface area contributed by atoms with Gasteiger partial charge in [-0.15, -0.1) is 0 Å². The van der Waals surface area contributed by atoms with Gasteiger partial charge in [-0.1, -0.05) is 68.5 Å². The van der Waals surface area contributed by atoms with Gasteiger partial charge in [-0.2, -0.15) is 0 Å². The first-order valence-electron chi connectivity index (χ1n) is 5.92. The van der Waals surface area contributed by atoms with E-state index < -0.39 is 0 Å². The van der Waals surface area contributed by atoms with E-state index in [1.807, 2.05) is 12.1 Å². The van der Waals surface area contributed by atoms with Crippen LogP contribution < -0.4 is 0 Å². The van der Waals surface area contributed by atoms with Crippen LogP contribution in [0.4, 0.5) is 0 Å². The number of hydrogen-bond donors (Lipinski definition) is 0. The van der Waals surface area contributed by atoms with Gasteiger partial charge in [-0.25, -0.2) is 0 Å². The molecule has 0 N–H and O–H groups in total. The van der Waals surface area contributed by atoms with Crippen molar-refractivity contribution >= 4 is 11.8 Å². The molecule has 0 aromatic heterocycles. The maximum absolute atomic E-state index is 3.87. The zero-order valence-corrected chi connectivity index (χ0v) is 10.8. The second-order valence-electron chi connectivity index (χ2n) is 3.72. The van der Waals surface area contributed by atoms with Gasteiger partial charge in [-0.05, 0) is 25.0 Å². The fourth-order valence-electron chi connectivity index (χ4n) is 1.43. The first-order chi connectivity index (χ1) is 7.86. The van der Waals surface area contributed by atoms with Crippen LogP contribution in [0.25, 0.3) is 0 Å². The molecule has 0 unspecified atom stereocenters. The summed E-state index contributed by atoms with van der Waals surface area (Å²) in [6.45, 7) is 6.10. The number of benzene rings is 1. The Morgan fingerprint density at radius 1 is 1.25 bits per heavy atom. The quantitative estimate of drug-likeness (QED) is 0.343. The molecular weight excluding hydrogens is 212 g/mol. The van der Waals surface area contributed by atoms with Crippen LogP contribution in [0.2, 0.25) is 0 Å². The van der Waals surface area contributed by atoms with Crippen LogP contribution in [0.15, 0.2) is 58.9 Å². The normalized spacial score (nSPS) is 11.4. The number of thioether (sulfide) groups is 1. The van der Waals surface area contributed by atoms with E-state index in [4.69, 9.17) is 0 Å². The molecule has 0 radical (unpaired) electrons. The monoisotopic (exact) mass is 232 g/mol. The van der Waals surface area contributed by atoms with E-state index in [1.165, 1.54) is 29.1 Å². The van der Waals surface area contributed by atoms with Gasteiger partial charge in [-0.3, -0.25) is 0 Å². The largest absolute Gasteiger partial charge is 0.0980 e. The fourth-order valence-corrected chi connectivity index (χ4v) is 2.28. The molecule has 1 aromatic rings. The lowest BCUT2D eigenvalue weighted by Crippen LogP contribution is -1.76. The van der Waals surface area contributed by atoms with Crippen molar-refractivity contribution in [3.63, 3.8) is 0 Å². The van der Waals surface area contributed by atoms with Crippen molar-refractivity contribution < 1.29 is 0 Å². The van der Waals surface area contributed by atoms with E-state index in [-0.39, 0.29) is 0 Å². The second kappa shape index (κ2) is 8.23. The maximum atomic E-state index is 3.87. The summed E-state index contributed by atoms with van der Waals surface area (Å²) < 4.78 is 0. The summed E-state index contributed by atoms with van der Waals surface area (Å²) in [4.78, 5) is 2.55. The van der Waals surface area contributed by atoms with Crippen LogP contribution >= 0.6 is 11.8 Å². The van der Waals surface area contributed by atoms with Gasteiger partial charge in [0.2, 0.25) is 0 Å². The van der Waals surface area contributed by atoms with Crippen molar-refractivity contribution in [2.45, 2.75) is 37.5 Å². The van der Waals surface area contributed by atoms with E-state index >= 15 is 0 Å². The lowest BCUT2D eigenvalue weighted by atomic mass is 10.2. The Labute approximate surface area is 103 Å². The third-order valence-corrected chi connectivity index (χ3v) is 3.41. The van der Waals surface area contributed by atoms with Crippen molar-refractivity contribution in [2.75, 3.05) is 0 Å². The van der Waals surface area contributed by atoms with E-state index in [0.717, 1.165) is 6.42 Å². The average molecular weight is 232 g/mol. The van der Waals surface area contributed by atoms with Gasteiger partial charge >= 0.3 is 0 Å². The summed E-state index contributed by atoms with van der Waals surface area (Å²) in [6.07, 6.45) is 9.28. The first-order valence-corrected chi connectivity index (χ1v) is 6.74. The molecule has 0 atom stereocenters. The molecule has 1 heteroatoms. The molecule has 0 heterocycles. The van der Waals surface area contributed by atoms with E-state index in [1.54, 1.807) is 11.8 Å². The third-order valence-electron chi connectivity index (χ3n) is 2.33. The van der Waals surface area contributed by atoms with Gasteiger partial charge < -0.3 is 0 Å². The standard InChI is InChI=1S/C15H20S/c1-3-5-6-8-11-14(4-2)16-15-12-9-7-10-13-15/h4,7,9-13H,2-3,5-6,8H2,1H3/b14-11-. The SMILES string of the molecule is C=C/C(=C/CCCCC)Sc1ccccc1.